The SMILES string of the molecule is COc1c(I)cc(Cl)c(N)c1Cl. The maximum atomic E-state index is 5.86. The first-order valence-corrected chi connectivity index (χ1v) is 4.88. The molecular formula is C7H6Cl2INO. The molecule has 12 heavy (non-hydrogen) atoms. The summed E-state index contributed by atoms with van der Waals surface area (Å²) in [7, 11) is 1.54. The Labute approximate surface area is 94.1 Å². The molecule has 2 N–H and O–H groups in total. The smallest absolute Gasteiger partial charge is 0.152 e. The van der Waals surface area contributed by atoms with Gasteiger partial charge in [0.25, 0.3) is 0 Å². The summed E-state index contributed by atoms with van der Waals surface area (Å²) in [5.41, 5.74) is 5.94. The Morgan fingerprint density at radius 2 is 2.08 bits per heavy atom. The van der Waals surface area contributed by atoms with Crippen molar-refractivity contribution in [3.8, 4) is 5.75 Å². The van der Waals surface area contributed by atoms with Crippen molar-refractivity contribution in [2.75, 3.05) is 12.8 Å². The molecular weight excluding hydrogens is 312 g/mol. The lowest BCUT2D eigenvalue weighted by Crippen LogP contribution is -1.94. The number of anilines is 1. The van der Waals surface area contributed by atoms with E-state index in [1.165, 1.54) is 7.11 Å². The van der Waals surface area contributed by atoms with Crippen LogP contribution >= 0.6 is 45.8 Å². The zero-order chi connectivity index (χ0) is 9.30. The lowest BCUT2D eigenvalue weighted by Gasteiger charge is -2.08. The predicted octanol–water partition coefficient (Wildman–Crippen LogP) is 3.19. The number of methoxy groups -OCH3 is 1. The molecule has 0 spiro atoms. The van der Waals surface area contributed by atoms with Crippen LogP contribution in [-0.2, 0) is 0 Å². The molecule has 0 fully saturated rings. The van der Waals surface area contributed by atoms with Crippen LogP contribution < -0.4 is 10.5 Å². The van der Waals surface area contributed by atoms with Gasteiger partial charge in [0, 0.05) is 0 Å². The van der Waals surface area contributed by atoms with Crippen molar-refractivity contribution in [2.24, 2.45) is 0 Å². The largest absolute Gasteiger partial charge is 0.494 e. The van der Waals surface area contributed by atoms with Crippen LogP contribution in [0.4, 0.5) is 5.69 Å². The summed E-state index contributed by atoms with van der Waals surface area (Å²) in [6.45, 7) is 0. The van der Waals surface area contributed by atoms with E-state index in [0.29, 0.717) is 21.5 Å². The molecule has 5 heteroatoms. The third kappa shape index (κ3) is 1.72. The standard InChI is InChI=1S/C7H6Cl2INO/c1-12-7-4(10)2-3(8)6(11)5(7)9/h2H,11H2,1H3. The number of nitrogens with two attached hydrogens (primary N) is 1. The molecule has 0 radical (unpaired) electrons. The number of rotatable bonds is 1. The van der Waals surface area contributed by atoms with Crippen LogP contribution in [0.15, 0.2) is 6.07 Å². The topological polar surface area (TPSA) is 35.2 Å². The first kappa shape index (κ1) is 10.2. The third-order valence-electron chi connectivity index (χ3n) is 1.37. The molecule has 0 unspecified atom stereocenters. The van der Waals surface area contributed by atoms with E-state index in [4.69, 9.17) is 33.7 Å². The first-order chi connectivity index (χ1) is 5.57. The quantitative estimate of drug-likeness (QED) is 0.638. The fraction of sp³-hybridized carbons (Fsp3) is 0.143. The number of halogens is 3. The van der Waals surface area contributed by atoms with Crippen molar-refractivity contribution >= 4 is 51.5 Å². The Morgan fingerprint density at radius 3 is 2.58 bits per heavy atom. The summed E-state index contributed by atoms with van der Waals surface area (Å²) in [6.07, 6.45) is 0. The highest BCUT2D eigenvalue weighted by atomic mass is 127. The zero-order valence-electron chi connectivity index (χ0n) is 6.20. The van der Waals surface area contributed by atoms with Gasteiger partial charge in [0.1, 0.15) is 5.02 Å². The molecule has 2 nitrogen and oxygen atoms in total. The van der Waals surface area contributed by atoms with Gasteiger partial charge in [-0.1, -0.05) is 23.2 Å². The number of nitrogen functional groups attached to an aromatic ring is 1. The Morgan fingerprint density at radius 1 is 1.50 bits per heavy atom. The van der Waals surface area contributed by atoms with Gasteiger partial charge in [-0.05, 0) is 28.7 Å². The monoisotopic (exact) mass is 317 g/mol. The maximum absolute atomic E-state index is 5.86. The van der Waals surface area contributed by atoms with E-state index in [1.54, 1.807) is 6.07 Å². The molecule has 0 saturated carbocycles. The summed E-state index contributed by atoms with van der Waals surface area (Å²) in [5, 5.41) is 0.819. The second-order valence-corrected chi connectivity index (χ2v) is 4.05. The van der Waals surface area contributed by atoms with Crippen LogP contribution in [0.2, 0.25) is 10.0 Å². The van der Waals surface area contributed by atoms with E-state index in [0.717, 1.165) is 3.57 Å². The van der Waals surface area contributed by atoms with E-state index in [1.807, 2.05) is 0 Å². The Hall–Kier alpha value is 0.130. The lowest BCUT2D eigenvalue weighted by atomic mass is 10.3. The van der Waals surface area contributed by atoms with Crippen LogP contribution in [0.3, 0.4) is 0 Å². The molecule has 0 aliphatic carbocycles. The van der Waals surface area contributed by atoms with Crippen LogP contribution in [0.1, 0.15) is 0 Å². The van der Waals surface area contributed by atoms with Crippen LogP contribution in [0.25, 0.3) is 0 Å². The average molecular weight is 318 g/mol. The van der Waals surface area contributed by atoms with Gasteiger partial charge < -0.3 is 10.5 Å². The molecule has 0 saturated heterocycles. The van der Waals surface area contributed by atoms with E-state index in [2.05, 4.69) is 22.6 Å². The van der Waals surface area contributed by atoms with Gasteiger partial charge in [-0.2, -0.15) is 0 Å². The molecule has 0 aromatic heterocycles. The highest BCUT2D eigenvalue weighted by molar-refractivity contribution is 14.1. The number of ether oxygens (including phenoxy) is 1. The van der Waals surface area contributed by atoms with Gasteiger partial charge in [-0.3, -0.25) is 0 Å². The first-order valence-electron chi connectivity index (χ1n) is 3.05. The Balaban J connectivity index is 3.40. The van der Waals surface area contributed by atoms with Gasteiger partial charge in [-0.15, -0.1) is 0 Å². The van der Waals surface area contributed by atoms with Crippen molar-refractivity contribution in [2.45, 2.75) is 0 Å². The predicted molar refractivity (Wildman–Crippen MR) is 60.1 cm³/mol. The second kappa shape index (κ2) is 3.89. The number of benzene rings is 1. The molecule has 0 aliphatic rings. The Kier molecular flexibility index (Phi) is 3.31. The lowest BCUT2D eigenvalue weighted by molar-refractivity contribution is 0.412. The van der Waals surface area contributed by atoms with Crippen LogP contribution in [0.5, 0.6) is 5.75 Å². The second-order valence-electron chi connectivity index (χ2n) is 2.10. The van der Waals surface area contributed by atoms with Crippen molar-refractivity contribution < 1.29 is 4.74 Å². The minimum atomic E-state index is 0.357. The van der Waals surface area contributed by atoms with Gasteiger partial charge in [0.05, 0.1) is 21.4 Å². The normalized spacial score (nSPS) is 10.0. The minimum absolute atomic E-state index is 0.357. The highest BCUT2D eigenvalue weighted by Crippen LogP contribution is 2.39. The summed E-state index contributed by atoms with van der Waals surface area (Å²) in [5.74, 6) is 0.569. The third-order valence-corrected chi connectivity index (χ3v) is 2.86. The molecule has 0 atom stereocenters. The van der Waals surface area contributed by atoms with E-state index in [9.17, 15) is 0 Å². The van der Waals surface area contributed by atoms with Gasteiger partial charge in [-0.25, -0.2) is 0 Å². The fourth-order valence-electron chi connectivity index (χ4n) is 0.774. The molecule has 0 amide bonds. The van der Waals surface area contributed by atoms with Gasteiger partial charge in [0.15, 0.2) is 5.75 Å². The summed E-state index contributed by atoms with van der Waals surface area (Å²) >= 11 is 13.7. The van der Waals surface area contributed by atoms with E-state index >= 15 is 0 Å². The van der Waals surface area contributed by atoms with Crippen molar-refractivity contribution in [3.63, 3.8) is 0 Å². The number of hydrogen-bond donors (Lipinski definition) is 1. The molecule has 66 valence electrons. The summed E-state index contributed by atoms with van der Waals surface area (Å²) in [6, 6.07) is 1.71. The minimum Gasteiger partial charge on any atom is -0.494 e. The number of hydrogen-bond acceptors (Lipinski definition) is 2. The van der Waals surface area contributed by atoms with Crippen LogP contribution in [-0.4, -0.2) is 7.11 Å². The van der Waals surface area contributed by atoms with Gasteiger partial charge >= 0.3 is 0 Å². The van der Waals surface area contributed by atoms with Crippen molar-refractivity contribution in [1.82, 2.24) is 0 Å². The van der Waals surface area contributed by atoms with Gasteiger partial charge in [0.2, 0.25) is 0 Å². The molecule has 1 aromatic rings. The zero-order valence-corrected chi connectivity index (χ0v) is 9.87. The summed E-state index contributed by atoms with van der Waals surface area (Å²) in [4.78, 5) is 0. The highest BCUT2D eigenvalue weighted by Gasteiger charge is 2.12. The average Bonchev–Trinajstić information content (AvgIpc) is 2.01. The van der Waals surface area contributed by atoms with Crippen molar-refractivity contribution in [3.05, 3.63) is 19.7 Å². The molecule has 0 heterocycles. The molecule has 1 rings (SSSR count). The Bertz CT molecular complexity index is 317. The van der Waals surface area contributed by atoms with E-state index in [-0.39, 0.29) is 0 Å². The fourth-order valence-corrected chi connectivity index (χ4v) is 2.45. The molecule has 1 aromatic carbocycles. The van der Waals surface area contributed by atoms with Crippen LogP contribution in [0, 0.1) is 3.57 Å². The maximum Gasteiger partial charge on any atom is 0.152 e. The molecule has 0 aliphatic heterocycles. The summed E-state index contributed by atoms with van der Waals surface area (Å²) < 4.78 is 5.88. The molecule has 0 bridgehead atoms. The van der Waals surface area contributed by atoms with Crippen molar-refractivity contribution in [1.29, 1.82) is 0 Å². The van der Waals surface area contributed by atoms with E-state index < -0.39 is 0 Å².